The molecule has 13 heteroatoms. The van der Waals surface area contributed by atoms with Crippen molar-refractivity contribution in [1.29, 1.82) is 0 Å². The second-order valence-electron chi connectivity index (χ2n) is 10.4. The van der Waals surface area contributed by atoms with E-state index in [0.717, 1.165) is 12.0 Å². The van der Waals surface area contributed by atoms with Crippen LogP contribution < -0.4 is 24.3 Å². The van der Waals surface area contributed by atoms with Crippen molar-refractivity contribution in [3.63, 3.8) is 0 Å². The predicted octanol–water partition coefficient (Wildman–Crippen LogP) is 1.64. The second-order valence-corrected chi connectivity index (χ2v) is 11.6. The first-order chi connectivity index (χ1) is 20.8. The maximum atomic E-state index is 14.0. The van der Waals surface area contributed by atoms with Crippen molar-refractivity contribution in [3.05, 3.63) is 56.7 Å². The second kappa shape index (κ2) is 14.1. The summed E-state index contributed by atoms with van der Waals surface area (Å²) in [6, 6.07) is 7.89. The largest absolute Gasteiger partial charge is 0.493 e. The van der Waals surface area contributed by atoms with Crippen molar-refractivity contribution in [3.8, 4) is 23.0 Å². The third-order valence-corrected chi connectivity index (χ3v) is 8.42. The lowest BCUT2D eigenvalue weighted by atomic mass is 9.87. The maximum absolute atomic E-state index is 14.0. The van der Waals surface area contributed by atoms with Gasteiger partial charge in [-0.3, -0.25) is 9.59 Å². The molecular formula is C30H35IN2O10. The van der Waals surface area contributed by atoms with Crippen molar-refractivity contribution in [2.24, 2.45) is 0 Å². The lowest BCUT2D eigenvalue weighted by Crippen LogP contribution is -2.56. The first-order valence-electron chi connectivity index (χ1n) is 14.0. The Morgan fingerprint density at radius 2 is 1.95 bits per heavy atom. The van der Waals surface area contributed by atoms with Crippen LogP contribution in [0.4, 0.5) is 0 Å². The van der Waals surface area contributed by atoms with Gasteiger partial charge in [0.2, 0.25) is 12.7 Å². The van der Waals surface area contributed by atoms with Crippen molar-refractivity contribution >= 4 is 34.4 Å². The van der Waals surface area contributed by atoms with Gasteiger partial charge in [-0.1, -0.05) is 6.07 Å². The normalized spacial score (nSPS) is 22.6. The van der Waals surface area contributed by atoms with E-state index in [9.17, 15) is 24.9 Å². The molecule has 2 amide bonds. The van der Waals surface area contributed by atoms with E-state index < -0.39 is 30.3 Å². The number of hydrogen-bond acceptors (Lipinski definition) is 10. The highest BCUT2D eigenvalue weighted by molar-refractivity contribution is 14.1. The SMILES string of the molecule is COc1cc(CO)cc(I)c1OC1C=C(C(=O)NCCO)CC(N(Cc2ccc3c(c2)OCO3)C(=O)C2CCCO2)C1O. The summed E-state index contributed by atoms with van der Waals surface area (Å²) in [6.07, 6.45) is -0.0998. The Hall–Kier alpha value is -3.11. The molecule has 12 nitrogen and oxygen atoms in total. The number of carbonyl (C=O) groups is 2. The number of nitrogens with zero attached hydrogens (tertiary/aromatic N) is 1. The van der Waals surface area contributed by atoms with E-state index in [1.807, 2.05) is 6.07 Å². The topological polar surface area (TPSA) is 156 Å². The van der Waals surface area contributed by atoms with E-state index in [-0.39, 0.29) is 45.4 Å². The molecule has 0 saturated carbocycles. The summed E-state index contributed by atoms with van der Waals surface area (Å²) in [6.45, 7) is 0.280. The molecule has 2 heterocycles. The summed E-state index contributed by atoms with van der Waals surface area (Å²) in [5, 5.41) is 33.4. The number of amides is 2. The number of methoxy groups -OCH3 is 1. The molecular weight excluding hydrogens is 675 g/mol. The molecule has 4 N–H and O–H groups in total. The van der Waals surface area contributed by atoms with Crippen molar-refractivity contribution in [1.82, 2.24) is 10.2 Å². The van der Waals surface area contributed by atoms with Crippen molar-refractivity contribution < 1.29 is 48.6 Å². The Bertz CT molecular complexity index is 1360. The minimum atomic E-state index is -1.24. The lowest BCUT2D eigenvalue weighted by molar-refractivity contribution is -0.149. The maximum Gasteiger partial charge on any atom is 0.252 e. The first kappa shape index (κ1) is 31.3. The van der Waals surface area contributed by atoms with Gasteiger partial charge in [0.15, 0.2) is 23.0 Å². The van der Waals surface area contributed by atoms with Crippen LogP contribution in [0.5, 0.6) is 23.0 Å². The summed E-state index contributed by atoms with van der Waals surface area (Å²) in [4.78, 5) is 28.7. The number of benzene rings is 2. The van der Waals surface area contributed by atoms with Gasteiger partial charge in [0.1, 0.15) is 18.3 Å². The quantitative estimate of drug-likeness (QED) is 0.253. The molecule has 43 heavy (non-hydrogen) atoms. The van der Waals surface area contributed by atoms with Crippen LogP contribution >= 0.6 is 22.6 Å². The molecule has 0 aromatic heterocycles. The number of hydrogen-bond donors (Lipinski definition) is 4. The van der Waals surface area contributed by atoms with E-state index in [1.54, 1.807) is 35.2 Å². The summed E-state index contributed by atoms with van der Waals surface area (Å²) in [7, 11) is 1.47. The fourth-order valence-electron chi connectivity index (χ4n) is 5.45. The van der Waals surface area contributed by atoms with E-state index in [0.29, 0.717) is 50.7 Å². The predicted molar refractivity (Wildman–Crippen MR) is 161 cm³/mol. The van der Waals surface area contributed by atoms with Gasteiger partial charge in [0, 0.05) is 31.7 Å². The summed E-state index contributed by atoms with van der Waals surface area (Å²) in [5.74, 6) is 1.10. The molecule has 0 spiro atoms. The molecule has 1 saturated heterocycles. The van der Waals surface area contributed by atoms with Gasteiger partial charge in [-0.25, -0.2) is 0 Å². The first-order valence-corrected chi connectivity index (χ1v) is 15.1. The van der Waals surface area contributed by atoms with E-state index in [1.165, 1.54) is 7.11 Å². The van der Waals surface area contributed by atoms with Crippen LogP contribution in [-0.4, -0.2) is 90.0 Å². The van der Waals surface area contributed by atoms with E-state index in [4.69, 9.17) is 23.7 Å². The fraction of sp³-hybridized carbons (Fsp3) is 0.467. The molecule has 5 rings (SSSR count). The Kier molecular flexibility index (Phi) is 10.3. The van der Waals surface area contributed by atoms with Crippen molar-refractivity contribution in [2.75, 3.05) is 33.7 Å². The van der Waals surface area contributed by atoms with E-state index >= 15 is 0 Å². The zero-order valence-electron chi connectivity index (χ0n) is 23.7. The molecule has 4 unspecified atom stereocenters. The minimum Gasteiger partial charge on any atom is -0.493 e. The number of rotatable bonds is 11. The van der Waals surface area contributed by atoms with Crippen LogP contribution in [0.3, 0.4) is 0 Å². The van der Waals surface area contributed by atoms with Crippen LogP contribution in [0.15, 0.2) is 42.0 Å². The van der Waals surface area contributed by atoms with Gasteiger partial charge in [0.25, 0.3) is 5.91 Å². The van der Waals surface area contributed by atoms with Crippen LogP contribution in [-0.2, 0) is 27.5 Å². The lowest BCUT2D eigenvalue weighted by Gasteiger charge is -2.41. The fourth-order valence-corrected chi connectivity index (χ4v) is 6.24. The number of fused-ring (bicyclic) bond motifs is 1. The minimum absolute atomic E-state index is 0.0407. The molecule has 232 valence electrons. The number of nitrogens with one attached hydrogen (secondary N) is 1. The third-order valence-electron chi connectivity index (χ3n) is 7.62. The smallest absolute Gasteiger partial charge is 0.252 e. The number of halogens is 1. The van der Waals surface area contributed by atoms with Gasteiger partial charge < -0.3 is 49.2 Å². The molecule has 2 aliphatic heterocycles. The van der Waals surface area contributed by atoms with Crippen LogP contribution in [0.2, 0.25) is 0 Å². The molecule has 2 aromatic rings. The Labute approximate surface area is 262 Å². The van der Waals surface area contributed by atoms with Crippen LogP contribution in [0, 0.1) is 3.57 Å². The standard InChI is InChI=1S/C30H35IN2O10/c1-39-26-11-18(15-35)9-20(31)28(26)43-25-13-19(29(37)32-6-7-34)12-21(27(25)36)33(30(38)23-3-2-8-40-23)14-17-4-5-22-24(10-17)42-16-41-22/h4-5,9-11,13,21,23,25,27,34-36H,2-3,6-8,12,14-16H2,1H3,(H,32,37). The van der Waals surface area contributed by atoms with Gasteiger partial charge in [0.05, 0.1) is 29.9 Å². The molecule has 3 aliphatic rings. The number of ether oxygens (including phenoxy) is 5. The zero-order valence-corrected chi connectivity index (χ0v) is 25.8. The number of carbonyl (C=O) groups excluding carboxylic acids is 2. The Balaban J connectivity index is 1.51. The van der Waals surface area contributed by atoms with Gasteiger partial charge in [-0.2, -0.15) is 0 Å². The highest BCUT2D eigenvalue weighted by Crippen LogP contribution is 2.38. The molecule has 1 fully saturated rings. The highest BCUT2D eigenvalue weighted by Gasteiger charge is 2.43. The number of aliphatic hydroxyl groups is 3. The molecule has 4 atom stereocenters. The third kappa shape index (κ3) is 7.01. The van der Waals surface area contributed by atoms with Gasteiger partial charge >= 0.3 is 0 Å². The summed E-state index contributed by atoms with van der Waals surface area (Å²) >= 11 is 2.05. The molecule has 0 radical (unpaired) electrons. The monoisotopic (exact) mass is 710 g/mol. The average Bonchev–Trinajstić information content (AvgIpc) is 3.72. The molecule has 2 aromatic carbocycles. The number of aliphatic hydroxyl groups excluding tert-OH is 3. The summed E-state index contributed by atoms with van der Waals surface area (Å²) < 4.78 is 29.2. The van der Waals surface area contributed by atoms with Gasteiger partial charge in [-0.15, -0.1) is 0 Å². The van der Waals surface area contributed by atoms with Gasteiger partial charge in [-0.05, 0) is 76.9 Å². The molecule has 0 bridgehead atoms. The summed E-state index contributed by atoms with van der Waals surface area (Å²) in [5.41, 5.74) is 1.66. The Morgan fingerprint density at radius 1 is 1.14 bits per heavy atom. The average molecular weight is 711 g/mol. The highest BCUT2D eigenvalue weighted by atomic mass is 127. The molecule has 1 aliphatic carbocycles. The van der Waals surface area contributed by atoms with Crippen molar-refractivity contribution in [2.45, 2.75) is 56.8 Å². The van der Waals surface area contributed by atoms with Crippen LogP contribution in [0.1, 0.15) is 30.4 Å². The van der Waals surface area contributed by atoms with Crippen LogP contribution in [0.25, 0.3) is 0 Å². The zero-order chi connectivity index (χ0) is 30.5. The van der Waals surface area contributed by atoms with E-state index in [2.05, 4.69) is 27.9 Å². The Morgan fingerprint density at radius 3 is 2.67 bits per heavy atom.